The molecule has 0 atom stereocenters. The van der Waals surface area contributed by atoms with Crippen molar-refractivity contribution in [2.45, 2.75) is 12.8 Å². The number of carbonyl (C=O) groups excluding carboxylic acids is 2. The molecule has 1 amide bonds. The van der Waals surface area contributed by atoms with Crippen LogP contribution in [-0.2, 0) is 4.79 Å². The standard InChI is InChI=1S/C19H16BrF2NO2S/c20-17-5-2-14(26-17)3-6-18(24)23-9-7-12(8-10-23)19(25)15-11-13(21)1-4-16(15)22/h1-6,11-12H,7-10H2/b6-3+. The predicted octanol–water partition coefficient (Wildman–Crippen LogP) is 4.92. The van der Waals surface area contributed by atoms with E-state index in [0.29, 0.717) is 25.9 Å². The third-order valence-electron chi connectivity index (χ3n) is 4.36. The molecule has 136 valence electrons. The van der Waals surface area contributed by atoms with Crippen molar-refractivity contribution in [2.75, 3.05) is 13.1 Å². The van der Waals surface area contributed by atoms with Crippen molar-refractivity contribution in [3.8, 4) is 0 Å². The smallest absolute Gasteiger partial charge is 0.246 e. The van der Waals surface area contributed by atoms with E-state index in [0.717, 1.165) is 26.9 Å². The Morgan fingerprint density at radius 3 is 2.54 bits per heavy atom. The van der Waals surface area contributed by atoms with Crippen LogP contribution in [0.4, 0.5) is 8.78 Å². The molecule has 1 saturated heterocycles. The van der Waals surface area contributed by atoms with E-state index in [2.05, 4.69) is 15.9 Å². The third-order valence-corrected chi connectivity index (χ3v) is 5.94. The average Bonchev–Trinajstić information content (AvgIpc) is 3.06. The Morgan fingerprint density at radius 2 is 1.88 bits per heavy atom. The molecule has 0 unspecified atom stereocenters. The molecule has 2 heterocycles. The monoisotopic (exact) mass is 439 g/mol. The Morgan fingerprint density at radius 1 is 1.15 bits per heavy atom. The molecule has 7 heteroatoms. The van der Waals surface area contributed by atoms with Gasteiger partial charge < -0.3 is 4.90 Å². The molecule has 0 radical (unpaired) electrons. The van der Waals surface area contributed by atoms with E-state index in [1.165, 1.54) is 17.4 Å². The van der Waals surface area contributed by atoms with Crippen LogP contribution in [0.3, 0.4) is 0 Å². The van der Waals surface area contributed by atoms with Gasteiger partial charge in [-0.1, -0.05) is 0 Å². The number of nitrogens with zero attached hydrogens (tertiary/aromatic N) is 1. The number of thiophene rings is 1. The van der Waals surface area contributed by atoms with Gasteiger partial charge in [0.15, 0.2) is 5.78 Å². The molecule has 26 heavy (non-hydrogen) atoms. The van der Waals surface area contributed by atoms with Gasteiger partial charge in [-0.3, -0.25) is 9.59 Å². The fourth-order valence-electron chi connectivity index (χ4n) is 2.94. The van der Waals surface area contributed by atoms with Crippen molar-refractivity contribution in [1.82, 2.24) is 4.90 Å². The molecule has 0 saturated carbocycles. The van der Waals surface area contributed by atoms with E-state index < -0.39 is 23.3 Å². The van der Waals surface area contributed by atoms with Crippen LogP contribution in [0.25, 0.3) is 6.08 Å². The highest BCUT2D eigenvalue weighted by atomic mass is 79.9. The highest BCUT2D eigenvalue weighted by molar-refractivity contribution is 9.11. The van der Waals surface area contributed by atoms with Gasteiger partial charge >= 0.3 is 0 Å². The maximum atomic E-state index is 13.8. The van der Waals surface area contributed by atoms with Gasteiger partial charge in [-0.05, 0) is 65.2 Å². The fraction of sp³-hybridized carbons (Fsp3) is 0.263. The number of benzene rings is 1. The summed E-state index contributed by atoms with van der Waals surface area (Å²) in [5.74, 6) is -2.24. The van der Waals surface area contributed by atoms with E-state index in [1.807, 2.05) is 12.1 Å². The molecule has 0 spiro atoms. The van der Waals surface area contributed by atoms with Crippen LogP contribution in [-0.4, -0.2) is 29.7 Å². The molecule has 0 aliphatic carbocycles. The summed E-state index contributed by atoms with van der Waals surface area (Å²) in [5, 5.41) is 0. The number of piperidine rings is 1. The summed E-state index contributed by atoms with van der Waals surface area (Å²) in [4.78, 5) is 27.3. The fourth-order valence-corrected chi connectivity index (χ4v) is 4.27. The van der Waals surface area contributed by atoms with E-state index in [1.54, 1.807) is 11.0 Å². The second-order valence-electron chi connectivity index (χ2n) is 6.06. The third kappa shape index (κ3) is 4.45. The molecule has 2 aromatic rings. The summed E-state index contributed by atoms with van der Waals surface area (Å²) in [7, 11) is 0. The number of Topliss-reactive ketones (excluding diaryl/α,β-unsaturated/α-hetero) is 1. The minimum Gasteiger partial charge on any atom is -0.339 e. The van der Waals surface area contributed by atoms with Gasteiger partial charge in [-0.15, -0.1) is 11.3 Å². The summed E-state index contributed by atoms with van der Waals surface area (Å²) >= 11 is 4.90. The number of halogens is 3. The Kier molecular flexibility index (Phi) is 5.98. The van der Waals surface area contributed by atoms with Crippen LogP contribution in [0.2, 0.25) is 0 Å². The van der Waals surface area contributed by atoms with Crippen molar-refractivity contribution >= 4 is 45.0 Å². The van der Waals surface area contributed by atoms with Crippen LogP contribution in [0, 0.1) is 17.6 Å². The Balaban J connectivity index is 1.58. The molecular weight excluding hydrogens is 424 g/mol. The van der Waals surface area contributed by atoms with Crippen molar-refractivity contribution in [2.24, 2.45) is 5.92 Å². The largest absolute Gasteiger partial charge is 0.339 e. The van der Waals surface area contributed by atoms with Crippen LogP contribution < -0.4 is 0 Å². The molecule has 1 aromatic carbocycles. The molecular formula is C19H16BrF2NO2S. The number of carbonyl (C=O) groups is 2. The van der Waals surface area contributed by atoms with Gasteiger partial charge in [0.1, 0.15) is 11.6 Å². The van der Waals surface area contributed by atoms with Crippen LogP contribution in [0.5, 0.6) is 0 Å². The first kappa shape index (κ1) is 18.9. The lowest BCUT2D eigenvalue weighted by Gasteiger charge is -2.30. The minimum atomic E-state index is -0.708. The SMILES string of the molecule is O=C(c1cc(F)ccc1F)C1CCN(C(=O)/C=C/c2ccc(Br)s2)CC1. The van der Waals surface area contributed by atoms with Gasteiger partial charge in [0.05, 0.1) is 9.35 Å². The summed E-state index contributed by atoms with van der Waals surface area (Å²) < 4.78 is 28.1. The predicted molar refractivity (Wildman–Crippen MR) is 101 cm³/mol. The number of ketones is 1. The van der Waals surface area contributed by atoms with E-state index in [4.69, 9.17) is 0 Å². The molecule has 3 nitrogen and oxygen atoms in total. The zero-order valence-electron chi connectivity index (χ0n) is 13.8. The summed E-state index contributed by atoms with van der Waals surface area (Å²) in [6.45, 7) is 0.843. The van der Waals surface area contributed by atoms with Crippen molar-refractivity contribution < 1.29 is 18.4 Å². The Labute approximate surface area is 162 Å². The lowest BCUT2D eigenvalue weighted by molar-refractivity contribution is -0.127. The molecule has 1 aliphatic rings. The normalized spacial score (nSPS) is 15.6. The molecule has 0 N–H and O–H groups in total. The first-order valence-corrected chi connectivity index (χ1v) is 9.76. The topological polar surface area (TPSA) is 37.4 Å². The second-order valence-corrected chi connectivity index (χ2v) is 8.56. The minimum absolute atomic E-state index is 0.114. The van der Waals surface area contributed by atoms with Crippen LogP contribution in [0.15, 0.2) is 40.2 Å². The van der Waals surface area contributed by atoms with E-state index >= 15 is 0 Å². The van der Waals surface area contributed by atoms with Gasteiger partial charge in [0, 0.05) is 30.0 Å². The van der Waals surface area contributed by atoms with E-state index in [9.17, 15) is 18.4 Å². The number of amides is 1. The van der Waals surface area contributed by atoms with Gasteiger partial charge in [-0.2, -0.15) is 0 Å². The highest BCUT2D eigenvalue weighted by Gasteiger charge is 2.28. The molecule has 0 bridgehead atoms. The molecule has 1 fully saturated rings. The quantitative estimate of drug-likeness (QED) is 0.500. The summed E-state index contributed by atoms with van der Waals surface area (Å²) in [5.41, 5.74) is -0.210. The number of likely N-dealkylation sites (tertiary alicyclic amines) is 1. The van der Waals surface area contributed by atoms with Gasteiger partial charge in [0.25, 0.3) is 0 Å². The number of hydrogen-bond donors (Lipinski definition) is 0. The Hall–Kier alpha value is -1.86. The lowest BCUT2D eigenvalue weighted by atomic mass is 9.88. The summed E-state index contributed by atoms with van der Waals surface area (Å²) in [6.07, 6.45) is 4.17. The van der Waals surface area contributed by atoms with Crippen molar-refractivity contribution in [1.29, 1.82) is 0 Å². The molecule has 3 rings (SSSR count). The number of rotatable bonds is 4. The zero-order valence-corrected chi connectivity index (χ0v) is 16.2. The first-order chi connectivity index (χ1) is 12.4. The second kappa shape index (κ2) is 8.22. The Bertz CT molecular complexity index is 857. The van der Waals surface area contributed by atoms with Crippen LogP contribution >= 0.6 is 27.3 Å². The summed E-state index contributed by atoms with van der Waals surface area (Å²) in [6, 6.07) is 6.73. The number of hydrogen-bond acceptors (Lipinski definition) is 3. The average molecular weight is 440 g/mol. The van der Waals surface area contributed by atoms with Gasteiger partial charge in [0.2, 0.25) is 5.91 Å². The van der Waals surface area contributed by atoms with Crippen molar-refractivity contribution in [3.63, 3.8) is 0 Å². The van der Waals surface area contributed by atoms with Crippen LogP contribution in [0.1, 0.15) is 28.1 Å². The maximum absolute atomic E-state index is 13.8. The van der Waals surface area contributed by atoms with E-state index in [-0.39, 0.29) is 11.5 Å². The molecule has 1 aromatic heterocycles. The van der Waals surface area contributed by atoms with Crippen molar-refractivity contribution in [3.05, 3.63) is 62.3 Å². The zero-order chi connectivity index (χ0) is 18.7. The van der Waals surface area contributed by atoms with Gasteiger partial charge in [-0.25, -0.2) is 8.78 Å². The maximum Gasteiger partial charge on any atom is 0.246 e. The first-order valence-electron chi connectivity index (χ1n) is 8.15. The highest BCUT2D eigenvalue weighted by Crippen LogP contribution is 2.25. The molecule has 1 aliphatic heterocycles. The lowest BCUT2D eigenvalue weighted by Crippen LogP contribution is -2.39.